The molecule has 0 bridgehead atoms. The summed E-state index contributed by atoms with van der Waals surface area (Å²) in [5.41, 5.74) is -0.140. The van der Waals surface area contributed by atoms with E-state index in [4.69, 9.17) is 16.3 Å². The minimum absolute atomic E-state index is 0.0965. The lowest BCUT2D eigenvalue weighted by molar-refractivity contribution is -0.385. The molecular formula is C11H6BrClN2O3. The first-order chi connectivity index (χ1) is 8.58. The van der Waals surface area contributed by atoms with Crippen LogP contribution in [0.5, 0.6) is 11.6 Å². The number of hydrogen-bond acceptors (Lipinski definition) is 4. The quantitative estimate of drug-likeness (QED) is 0.625. The number of nitro groups is 1. The van der Waals surface area contributed by atoms with E-state index in [1.165, 1.54) is 18.3 Å². The van der Waals surface area contributed by atoms with E-state index < -0.39 is 4.92 Å². The molecule has 5 nitrogen and oxygen atoms in total. The fourth-order valence-electron chi connectivity index (χ4n) is 1.28. The number of pyridine rings is 1. The van der Waals surface area contributed by atoms with Crippen LogP contribution in [0.15, 0.2) is 41.0 Å². The predicted molar refractivity (Wildman–Crippen MR) is 70.1 cm³/mol. The van der Waals surface area contributed by atoms with Crippen molar-refractivity contribution >= 4 is 33.2 Å². The van der Waals surface area contributed by atoms with Crippen LogP contribution < -0.4 is 4.74 Å². The van der Waals surface area contributed by atoms with E-state index in [2.05, 4.69) is 20.9 Å². The largest absolute Gasteiger partial charge is 0.430 e. The van der Waals surface area contributed by atoms with Crippen molar-refractivity contribution < 1.29 is 9.66 Å². The highest BCUT2D eigenvalue weighted by atomic mass is 79.9. The van der Waals surface area contributed by atoms with Gasteiger partial charge in [-0.05, 0) is 28.1 Å². The van der Waals surface area contributed by atoms with Crippen LogP contribution >= 0.6 is 27.5 Å². The zero-order chi connectivity index (χ0) is 13.1. The van der Waals surface area contributed by atoms with Crippen LogP contribution in [0.25, 0.3) is 0 Å². The van der Waals surface area contributed by atoms with E-state index in [9.17, 15) is 10.1 Å². The summed E-state index contributed by atoms with van der Waals surface area (Å²) in [5.74, 6) is 0.216. The molecule has 18 heavy (non-hydrogen) atoms. The molecule has 0 N–H and O–H groups in total. The second-order valence-electron chi connectivity index (χ2n) is 3.27. The highest BCUT2D eigenvalue weighted by Crippen LogP contribution is 2.33. The summed E-state index contributed by atoms with van der Waals surface area (Å²) in [4.78, 5) is 14.2. The van der Waals surface area contributed by atoms with Crippen LogP contribution in [0.4, 0.5) is 5.69 Å². The van der Waals surface area contributed by atoms with E-state index in [1.807, 2.05) is 0 Å². The topological polar surface area (TPSA) is 65.3 Å². The van der Waals surface area contributed by atoms with Gasteiger partial charge in [0.2, 0.25) is 11.6 Å². The van der Waals surface area contributed by atoms with Gasteiger partial charge in [-0.2, -0.15) is 0 Å². The first-order valence-corrected chi connectivity index (χ1v) is 5.97. The highest BCUT2D eigenvalue weighted by Gasteiger charge is 2.16. The third-order valence-electron chi connectivity index (χ3n) is 2.04. The molecule has 0 atom stereocenters. The van der Waals surface area contributed by atoms with E-state index in [0.29, 0.717) is 4.47 Å². The molecule has 0 aliphatic rings. The van der Waals surface area contributed by atoms with Crippen molar-refractivity contribution in [1.29, 1.82) is 0 Å². The summed E-state index contributed by atoms with van der Waals surface area (Å²) < 4.78 is 6.05. The van der Waals surface area contributed by atoms with E-state index in [-0.39, 0.29) is 22.3 Å². The molecule has 1 aromatic heterocycles. The van der Waals surface area contributed by atoms with Gasteiger partial charge in [0.1, 0.15) is 5.02 Å². The van der Waals surface area contributed by atoms with Gasteiger partial charge >= 0.3 is 5.69 Å². The Bertz CT molecular complexity index is 607. The maximum Gasteiger partial charge on any atom is 0.311 e. The summed E-state index contributed by atoms with van der Waals surface area (Å²) in [6, 6.07) is 7.62. The average molecular weight is 330 g/mol. The number of rotatable bonds is 3. The van der Waals surface area contributed by atoms with Gasteiger partial charge in [-0.3, -0.25) is 10.1 Å². The monoisotopic (exact) mass is 328 g/mol. The SMILES string of the molecule is O=[N+]([O-])c1ccccc1Oc1ncc(Br)cc1Cl. The number of benzene rings is 1. The molecule has 0 saturated heterocycles. The maximum atomic E-state index is 10.8. The van der Waals surface area contributed by atoms with Gasteiger partial charge in [-0.25, -0.2) is 4.98 Å². The smallest absolute Gasteiger partial charge is 0.311 e. The van der Waals surface area contributed by atoms with Crippen molar-refractivity contribution in [2.45, 2.75) is 0 Å². The van der Waals surface area contributed by atoms with E-state index in [1.54, 1.807) is 18.2 Å². The normalized spacial score (nSPS) is 10.1. The molecule has 0 aliphatic carbocycles. The Morgan fingerprint density at radius 1 is 1.39 bits per heavy atom. The fourth-order valence-corrected chi connectivity index (χ4v) is 1.94. The van der Waals surface area contributed by atoms with Gasteiger partial charge in [-0.15, -0.1) is 0 Å². The number of nitro benzene ring substituents is 1. The second-order valence-corrected chi connectivity index (χ2v) is 4.59. The summed E-state index contributed by atoms with van der Waals surface area (Å²) in [7, 11) is 0. The molecule has 0 amide bonds. The van der Waals surface area contributed by atoms with Crippen LogP contribution in [0.1, 0.15) is 0 Å². The predicted octanol–water partition coefficient (Wildman–Crippen LogP) is 4.20. The van der Waals surface area contributed by atoms with Crippen LogP contribution in [-0.4, -0.2) is 9.91 Å². The Balaban J connectivity index is 2.37. The van der Waals surface area contributed by atoms with Gasteiger partial charge in [-0.1, -0.05) is 23.7 Å². The van der Waals surface area contributed by atoms with Gasteiger partial charge in [0, 0.05) is 16.7 Å². The van der Waals surface area contributed by atoms with E-state index in [0.717, 1.165) is 0 Å². The summed E-state index contributed by atoms with van der Waals surface area (Å²) in [5, 5.41) is 11.1. The van der Waals surface area contributed by atoms with Crippen LogP contribution in [0, 0.1) is 10.1 Å². The molecule has 0 aliphatic heterocycles. The summed E-state index contributed by atoms with van der Waals surface area (Å²) in [6.45, 7) is 0. The zero-order valence-electron chi connectivity index (χ0n) is 8.84. The molecule has 0 spiro atoms. The zero-order valence-corrected chi connectivity index (χ0v) is 11.2. The molecule has 7 heteroatoms. The summed E-state index contributed by atoms with van der Waals surface area (Å²) in [6.07, 6.45) is 1.50. The van der Waals surface area contributed by atoms with Crippen molar-refractivity contribution in [1.82, 2.24) is 4.98 Å². The highest BCUT2D eigenvalue weighted by molar-refractivity contribution is 9.10. The lowest BCUT2D eigenvalue weighted by Crippen LogP contribution is -1.94. The third kappa shape index (κ3) is 2.77. The summed E-state index contributed by atoms with van der Waals surface area (Å²) >= 11 is 9.13. The number of halogens is 2. The average Bonchev–Trinajstić information content (AvgIpc) is 2.33. The fraction of sp³-hybridized carbons (Fsp3) is 0. The maximum absolute atomic E-state index is 10.8. The van der Waals surface area contributed by atoms with Gasteiger partial charge in [0.15, 0.2) is 0 Å². The standard InChI is InChI=1S/C11H6BrClN2O3/c12-7-5-8(13)11(14-6-7)18-10-4-2-1-3-9(10)15(16)17/h1-6H. The Morgan fingerprint density at radius 3 is 2.78 bits per heavy atom. The van der Waals surface area contributed by atoms with Gasteiger partial charge in [0.05, 0.1) is 4.92 Å². The van der Waals surface area contributed by atoms with Crippen molar-refractivity contribution in [2.75, 3.05) is 0 Å². The number of para-hydroxylation sites is 2. The van der Waals surface area contributed by atoms with Crippen LogP contribution in [0.2, 0.25) is 5.02 Å². The minimum atomic E-state index is -0.526. The first-order valence-electron chi connectivity index (χ1n) is 4.80. The molecule has 0 unspecified atom stereocenters. The van der Waals surface area contributed by atoms with Gasteiger partial charge in [0.25, 0.3) is 0 Å². The number of ether oxygens (including phenoxy) is 1. The number of aromatic nitrogens is 1. The molecule has 0 saturated carbocycles. The second kappa shape index (κ2) is 5.32. The molecule has 0 radical (unpaired) electrons. The van der Waals surface area contributed by atoms with Gasteiger partial charge < -0.3 is 4.74 Å². The first kappa shape index (κ1) is 12.8. The Labute approximate surface area is 116 Å². The Hall–Kier alpha value is -1.66. The molecular weight excluding hydrogens is 323 g/mol. The van der Waals surface area contributed by atoms with Crippen LogP contribution in [-0.2, 0) is 0 Å². The number of nitrogens with zero attached hydrogens (tertiary/aromatic N) is 2. The Morgan fingerprint density at radius 2 is 2.11 bits per heavy atom. The van der Waals surface area contributed by atoms with Crippen molar-refractivity contribution in [2.24, 2.45) is 0 Å². The lowest BCUT2D eigenvalue weighted by Gasteiger charge is -2.06. The Kier molecular flexibility index (Phi) is 3.78. The lowest BCUT2D eigenvalue weighted by atomic mass is 10.3. The molecule has 1 heterocycles. The molecule has 0 fully saturated rings. The van der Waals surface area contributed by atoms with Crippen LogP contribution in [0.3, 0.4) is 0 Å². The third-order valence-corrected chi connectivity index (χ3v) is 2.75. The van der Waals surface area contributed by atoms with E-state index >= 15 is 0 Å². The molecule has 92 valence electrons. The van der Waals surface area contributed by atoms with Crippen molar-refractivity contribution in [3.63, 3.8) is 0 Å². The molecule has 1 aromatic carbocycles. The minimum Gasteiger partial charge on any atom is -0.430 e. The van der Waals surface area contributed by atoms with Crippen molar-refractivity contribution in [3.05, 3.63) is 56.1 Å². The number of hydrogen-bond donors (Lipinski definition) is 0. The van der Waals surface area contributed by atoms with Crippen molar-refractivity contribution in [3.8, 4) is 11.6 Å². The molecule has 2 rings (SSSR count). The molecule has 2 aromatic rings.